The van der Waals surface area contributed by atoms with Crippen LogP contribution < -0.4 is 0 Å². The Morgan fingerprint density at radius 3 is 2.72 bits per heavy atom. The number of aliphatic hydroxyl groups is 1. The summed E-state index contributed by atoms with van der Waals surface area (Å²) in [5.74, 6) is -1.91. The van der Waals surface area contributed by atoms with Crippen molar-refractivity contribution < 1.29 is 19.1 Å². The number of hydrogen-bond acceptors (Lipinski definition) is 6. The highest BCUT2D eigenvalue weighted by atomic mass is 19.1. The zero-order valence-electron chi connectivity index (χ0n) is 17.7. The van der Waals surface area contributed by atoms with Gasteiger partial charge in [-0.3, -0.25) is 9.59 Å². The van der Waals surface area contributed by atoms with Crippen molar-refractivity contribution >= 4 is 17.4 Å². The maximum atomic E-state index is 14.0. The van der Waals surface area contributed by atoms with E-state index in [1.165, 1.54) is 29.3 Å². The number of ketones is 1. The van der Waals surface area contributed by atoms with E-state index >= 15 is 0 Å². The Kier molecular flexibility index (Phi) is 5.81. The first-order valence-corrected chi connectivity index (χ1v) is 10.2. The van der Waals surface area contributed by atoms with Crippen LogP contribution in [0.5, 0.6) is 0 Å². The number of Topliss-reactive ketones (excluding diaryl/α,β-unsaturated/α-hetero) is 1. The van der Waals surface area contributed by atoms with Crippen LogP contribution in [-0.4, -0.2) is 47.8 Å². The molecule has 0 unspecified atom stereocenters. The zero-order chi connectivity index (χ0) is 22.8. The van der Waals surface area contributed by atoms with Crippen LogP contribution in [0.3, 0.4) is 0 Å². The number of aliphatic hydroxyl groups excluding tert-OH is 1. The van der Waals surface area contributed by atoms with Gasteiger partial charge in [-0.05, 0) is 38.0 Å². The molecule has 1 amide bonds. The molecule has 9 heteroatoms. The van der Waals surface area contributed by atoms with Gasteiger partial charge in [0.1, 0.15) is 17.4 Å². The SMILES string of the molecule is Cc1ncc(C(O)=C2C(=O)C(=O)N(CCCn3ccnc3)[C@H]2c2cccc(F)c2)c(C)n1. The van der Waals surface area contributed by atoms with Crippen molar-refractivity contribution in [1.82, 2.24) is 24.4 Å². The third-order valence-corrected chi connectivity index (χ3v) is 5.43. The predicted molar refractivity (Wildman–Crippen MR) is 114 cm³/mol. The van der Waals surface area contributed by atoms with Gasteiger partial charge in [0.05, 0.1) is 29.2 Å². The van der Waals surface area contributed by atoms with Crippen molar-refractivity contribution in [2.45, 2.75) is 32.9 Å². The molecular weight excluding hydrogens is 413 g/mol. The van der Waals surface area contributed by atoms with Gasteiger partial charge in [-0.25, -0.2) is 19.3 Å². The lowest BCUT2D eigenvalue weighted by molar-refractivity contribution is -0.139. The van der Waals surface area contributed by atoms with Gasteiger partial charge in [-0.1, -0.05) is 12.1 Å². The number of halogens is 1. The minimum Gasteiger partial charge on any atom is -0.507 e. The summed E-state index contributed by atoms with van der Waals surface area (Å²) in [6.07, 6.45) is 7.09. The maximum Gasteiger partial charge on any atom is 0.295 e. The molecule has 3 aromatic rings. The molecule has 0 spiro atoms. The van der Waals surface area contributed by atoms with E-state index in [4.69, 9.17) is 0 Å². The summed E-state index contributed by atoms with van der Waals surface area (Å²) in [5.41, 5.74) is 1.03. The molecule has 0 bridgehead atoms. The molecule has 2 aromatic heterocycles. The van der Waals surface area contributed by atoms with Gasteiger partial charge in [0.15, 0.2) is 0 Å². The van der Waals surface area contributed by atoms with Gasteiger partial charge in [-0.2, -0.15) is 0 Å². The smallest absolute Gasteiger partial charge is 0.295 e. The number of aryl methyl sites for hydroxylation is 3. The topological polar surface area (TPSA) is 101 Å². The number of carbonyl (C=O) groups excluding carboxylic acids is 2. The lowest BCUT2D eigenvalue weighted by atomic mass is 9.95. The van der Waals surface area contributed by atoms with Crippen LogP contribution in [-0.2, 0) is 16.1 Å². The minimum absolute atomic E-state index is 0.0983. The second kappa shape index (κ2) is 8.70. The van der Waals surface area contributed by atoms with E-state index in [0.29, 0.717) is 30.0 Å². The highest BCUT2D eigenvalue weighted by Crippen LogP contribution is 2.39. The second-order valence-corrected chi connectivity index (χ2v) is 7.62. The molecule has 0 radical (unpaired) electrons. The van der Waals surface area contributed by atoms with Gasteiger partial charge >= 0.3 is 0 Å². The molecular formula is C23H22FN5O3. The summed E-state index contributed by atoms with van der Waals surface area (Å²) in [7, 11) is 0. The van der Waals surface area contributed by atoms with Gasteiger partial charge in [0.25, 0.3) is 11.7 Å². The molecule has 1 aromatic carbocycles. The van der Waals surface area contributed by atoms with Crippen LogP contribution in [0.1, 0.15) is 35.1 Å². The Bertz CT molecular complexity index is 1210. The van der Waals surface area contributed by atoms with Crippen LogP contribution in [0.15, 0.2) is 54.8 Å². The number of nitrogens with zero attached hydrogens (tertiary/aromatic N) is 5. The first kappa shape index (κ1) is 21.4. The van der Waals surface area contributed by atoms with Gasteiger partial charge in [0.2, 0.25) is 0 Å². The summed E-state index contributed by atoms with van der Waals surface area (Å²) < 4.78 is 15.9. The molecule has 0 aliphatic carbocycles. The van der Waals surface area contributed by atoms with Crippen molar-refractivity contribution in [1.29, 1.82) is 0 Å². The number of hydrogen-bond donors (Lipinski definition) is 1. The van der Waals surface area contributed by atoms with E-state index < -0.39 is 23.5 Å². The van der Waals surface area contributed by atoms with Crippen molar-refractivity contribution in [3.8, 4) is 0 Å². The lowest BCUT2D eigenvalue weighted by Crippen LogP contribution is -2.31. The second-order valence-electron chi connectivity index (χ2n) is 7.62. The van der Waals surface area contributed by atoms with Gasteiger partial charge in [-0.15, -0.1) is 0 Å². The standard InChI is InChI=1S/C23H22FN5O3/c1-14-18(12-26-15(2)27-14)21(30)19-20(16-5-3-6-17(24)11-16)29(23(32)22(19)31)9-4-8-28-10-7-25-13-28/h3,5-7,10-13,20,30H,4,8-9H2,1-2H3/t20-/m0/s1. The lowest BCUT2D eigenvalue weighted by Gasteiger charge is -2.25. The number of benzene rings is 1. The molecule has 1 N–H and O–H groups in total. The normalized spacial score (nSPS) is 17.8. The molecule has 1 saturated heterocycles. The van der Waals surface area contributed by atoms with E-state index in [9.17, 15) is 19.1 Å². The fraction of sp³-hybridized carbons (Fsp3) is 0.261. The molecule has 1 aliphatic heterocycles. The maximum absolute atomic E-state index is 14.0. The van der Waals surface area contributed by atoms with Gasteiger partial charge in [0, 0.05) is 31.7 Å². The third kappa shape index (κ3) is 4.01. The Morgan fingerprint density at radius 1 is 1.22 bits per heavy atom. The van der Waals surface area contributed by atoms with E-state index in [2.05, 4.69) is 15.0 Å². The fourth-order valence-corrected chi connectivity index (χ4v) is 3.94. The van der Waals surface area contributed by atoms with E-state index in [1.807, 2.05) is 4.57 Å². The van der Waals surface area contributed by atoms with Crippen LogP contribution in [0.2, 0.25) is 0 Å². The molecule has 1 fully saturated rings. The molecule has 4 rings (SSSR count). The molecule has 32 heavy (non-hydrogen) atoms. The Morgan fingerprint density at radius 2 is 2.03 bits per heavy atom. The molecule has 1 atom stereocenters. The van der Waals surface area contributed by atoms with Gasteiger partial charge < -0.3 is 14.6 Å². The molecule has 3 heterocycles. The molecule has 164 valence electrons. The van der Waals surface area contributed by atoms with Crippen molar-refractivity contribution in [3.05, 3.63) is 83.2 Å². The summed E-state index contributed by atoms with van der Waals surface area (Å²) in [6.45, 7) is 4.22. The van der Waals surface area contributed by atoms with Crippen molar-refractivity contribution in [2.24, 2.45) is 0 Å². The average molecular weight is 435 g/mol. The monoisotopic (exact) mass is 435 g/mol. The van der Waals surface area contributed by atoms with E-state index in [-0.39, 0.29) is 23.4 Å². The van der Waals surface area contributed by atoms with Crippen molar-refractivity contribution in [3.63, 3.8) is 0 Å². The number of likely N-dealkylation sites (tertiary alicyclic amines) is 1. The van der Waals surface area contributed by atoms with E-state index in [0.717, 1.165) is 0 Å². The number of aromatic nitrogens is 4. The molecule has 0 saturated carbocycles. The Hall–Kier alpha value is -3.88. The van der Waals surface area contributed by atoms with Crippen LogP contribution in [0, 0.1) is 19.7 Å². The highest BCUT2D eigenvalue weighted by Gasteiger charge is 2.46. The zero-order valence-corrected chi connectivity index (χ0v) is 17.7. The highest BCUT2D eigenvalue weighted by molar-refractivity contribution is 6.46. The number of amides is 1. The third-order valence-electron chi connectivity index (χ3n) is 5.43. The molecule has 8 nitrogen and oxygen atoms in total. The summed E-state index contributed by atoms with van der Waals surface area (Å²) in [6, 6.07) is 4.78. The number of rotatable bonds is 6. The largest absolute Gasteiger partial charge is 0.507 e. The minimum atomic E-state index is -0.922. The van der Waals surface area contributed by atoms with Crippen molar-refractivity contribution in [2.75, 3.05) is 6.54 Å². The molecule has 1 aliphatic rings. The fourth-order valence-electron chi connectivity index (χ4n) is 3.94. The summed E-state index contributed by atoms with van der Waals surface area (Å²) in [4.78, 5) is 39.7. The quantitative estimate of drug-likeness (QED) is 0.363. The summed E-state index contributed by atoms with van der Waals surface area (Å²) >= 11 is 0. The number of imidazole rings is 1. The Balaban J connectivity index is 1.76. The average Bonchev–Trinajstić information content (AvgIpc) is 3.35. The first-order valence-electron chi connectivity index (χ1n) is 10.2. The first-order chi connectivity index (χ1) is 15.4. The Labute approximate surface area is 184 Å². The van der Waals surface area contributed by atoms with Crippen LogP contribution >= 0.6 is 0 Å². The predicted octanol–water partition coefficient (Wildman–Crippen LogP) is 2.94. The number of carbonyl (C=O) groups is 2. The van der Waals surface area contributed by atoms with E-state index in [1.54, 1.807) is 38.6 Å². The van der Waals surface area contributed by atoms with Crippen LogP contribution in [0.25, 0.3) is 5.76 Å². The van der Waals surface area contributed by atoms with Crippen LogP contribution in [0.4, 0.5) is 4.39 Å². The summed E-state index contributed by atoms with van der Waals surface area (Å²) in [5, 5.41) is 11.1.